The Morgan fingerprint density at radius 1 is 1.44 bits per heavy atom. The third kappa shape index (κ3) is 2.62. The zero-order valence-corrected chi connectivity index (χ0v) is 11.3. The number of rotatable bonds is 5. The summed E-state index contributed by atoms with van der Waals surface area (Å²) in [5.41, 5.74) is -0.0773. The van der Waals surface area contributed by atoms with E-state index in [-0.39, 0.29) is 28.5 Å². The second-order valence-corrected chi connectivity index (χ2v) is 5.25. The summed E-state index contributed by atoms with van der Waals surface area (Å²) in [5.74, 6) is -0.397. The second-order valence-electron chi connectivity index (χ2n) is 3.55. The molecule has 18 heavy (non-hydrogen) atoms. The Hall–Kier alpha value is -1.60. The Kier molecular flexibility index (Phi) is 4.31. The van der Waals surface area contributed by atoms with Crippen LogP contribution in [0.5, 0.6) is 0 Å². The molecule has 0 atom stereocenters. The number of nitrogens with one attached hydrogen (secondary N) is 1. The minimum Gasteiger partial charge on any atom is -0.465 e. The van der Waals surface area contributed by atoms with Crippen LogP contribution in [0.25, 0.3) is 0 Å². The van der Waals surface area contributed by atoms with E-state index >= 15 is 0 Å². The summed E-state index contributed by atoms with van der Waals surface area (Å²) in [6, 6.07) is 0. The van der Waals surface area contributed by atoms with E-state index in [4.69, 9.17) is 4.42 Å². The maximum atomic E-state index is 12.0. The molecule has 100 valence electrons. The van der Waals surface area contributed by atoms with Crippen molar-refractivity contribution in [1.82, 2.24) is 4.72 Å². The number of methoxy groups -OCH3 is 1. The van der Waals surface area contributed by atoms with E-state index in [2.05, 4.69) is 16.0 Å². The molecule has 1 aromatic heterocycles. The SMILES string of the molecule is C=CCNS(=O)(=O)c1c(C)oc(C)c1C(=O)OC. The first-order valence-electron chi connectivity index (χ1n) is 5.14. The predicted octanol–water partition coefficient (Wildman–Crippen LogP) is 1.15. The van der Waals surface area contributed by atoms with E-state index in [0.717, 1.165) is 0 Å². The van der Waals surface area contributed by atoms with E-state index < -0.39 is 16.0 Å². The molecule has 7 heteroatoms. The van der Waals surface area contributed by atoms with Crippen LogP contribution in [0.3, 0.4) is 0 Å². The number of esters is 1. The summed E-state index contributed by atoms with van der Waals surface area (Å²) < 4.78 is 36.1. The van der Waals surface area contributed by atoms with Crippen molar-refractivity contribution < 1.29 is 22.4 Å². The van der Waals surface area contributed by atoms with Gasteiger partial charge in [-0.1, -0.05) is 6.08 Å². The number of carbonyl (C=O) groups excluding carboxylic acids is 1. The molecule has 0 unspecified atom stereocenters. The molecule has 0 bridgehead atoms. The first-order chi connectivity index (χ1) is 8.35. The Bertz CT molecular complexity index is 570. The number of ether oxygens (including phenoxy) is 1. The van der Waals surface area contributed by atoms with Gasteiger partial charge in [0.05, 0.1) is 7.11 Å². The number of sulfonamides is 1. The molecule has 0 radical (unpaired) electrons. The fourth-order valence-corrected chi connectivity index (χ4v) is 2.96. The normalized spacial score (nSPS) is 11.3. The van der Waals surface area contributed by atoms with Gasteiger partial charge < -0.3 is 9.15 Å². The largest absolute Gasteiger partial charge is 0.465 e. The average Bonchev–Trinajstić information content (AvgIpc) is 2.61. The highest BCUT2D eigenvalue weighted by atomic mass is 32.2. The van der Waals surface area contributed by atoms with Gasteiger partial charge in [-0.05, 0) is 13.8 Å². The van der Waals surface area contributed by atoms with Gasteiger partial charge in [-0.2, -0.15) is 0 Å². The molecule has 1 heterocycles. The van der Waals surface area contributed by atoms with Crippen molar-refractivity contribution in [2.24, 2.45) is 0 Å². The van der Waals surface area contributed by atoms with Crippen molar-refractivity contribution in [3.63, 3.8) is 0 Å². The molecule has 0 spiro atoms. The molecule has 0 aliphatic carbocycles. The van der Waals surface area contributed by atoms with Crippen molar-refractivity contribution in [2.45, 2.75) is 18.7 Å². The van der Waals surface area contributed by atoms with Gasteiger partial charge in [0.25, 0.3) is 0 Å². The topological polar surface area (TPSA) is 85.6 Å². The van der Waals surface area contributed by atoms with Gasteiger partial charge in [0, 0.05) is 6.54 Å². The van der Waals surface area contributed by atoms with Crippen LogP contribution >= 0.6 is 0 Å². The van der Waals surface area contributed by atoms with E-state index in [9.17, 15) is 13.2 Å². The second kappa shape index (κ2) is 5.36. The maximum absolute atomic E-state index is 12.0. The number of carbonyl (C=O) groups is 1. The van der Waals surface area contributed by atoms with Gasteiger partial charge in [0.2, 0.25) is 10.0 Å². The van der Waals surface area contributed by atoms with Crippen LogP contribution in [-0.4, -0.2) is 28.0 Å². The van der Waals surface area contributed by atoms with E-state index in [1.54, 1.807) is 0 Å². The molecule has 1 N–H and O–H groups in total. The van der Waals surface area contributed by atoms with E-state index in [1.165, 1.54) is 27.0 Å². The van der Waals surface area contributed by atoms with Gasteiger partial charge >= 0.3 is 5.97 Å². The summed E-state index contributed by atoms with van der Waals surface area (Å²) in [7, 11) is -2.66. The minimum absolute atomic E-state index is 0.0621. The van der Waals surface area contributed by atoms with E-state index in [0.29, 0.717) is 0 Å². The molecule has 6 nitrogen and oxygen atoms in total. The van der Waals surface area contributed by atoms with Crippen molar-refractivity contribution >= 4 is 16.0 Å². The first kappa shape index (κ1) is 14.5. The lowest BCUT2D eigenvalue weighted by Gasteiger charge is -2.05. The lowest BCUT2D eigenvalue weighted by atomic mass is 10.2. The van der Waals surface area contributed by atoms with Gasteiger partial charge in [-0.25, -0.2) is 17.9 Å². The molecule has 0 aliphatic heterocycles. The fraction of sp³-hybridized carbons (Fsp3) is 0.364. The number of furan rings is 1. The Labute approximate surface area is 106 Å². The van der Waals surface area contributed by atoms with Crippen molar-refractivity contribution in [1.29, 1.82) is 0 Å². The molecular weight excluding hydrogens is 258 g/mol. The van der Waals surface area contributed by atoms with Crippen LogP contribution in [-0.2, 0) is 14.8 Å². The molecular formula is C11H15NO5S. The standard InChI is InChI=1S/C11H15NO5S/c1-5-6-12-18(14,15)10-8(3)17-7(2)9(10)11(13)16-4/h5,12H,1,6H2,2-4H3. The summed E-state index contributed by atoms with van der Waals surface area (Å²) in [6.07, 6.45) is 1.40. The van der Waals surface area contributed by atoms with Crippen LogP contribution in [0.1, 0.15) is 21.9 Å². The van der Waals surface area contributed by atoms with Gasteiger partial charge in [-0.3, -0.25) is 0 Å². The quantitative estimate of drug-likeness (QED) is 0.642. The van der Waals surface area contributed by atoms with Crippen LogP contribution < -0.4 is 4.72 Å². The van der Waals surface area contributed by atoms with Crippen molar-refractivity contribution in [2.75, 3.05) is 13.7 Å². The lowest BCUT2D eigenvalue weighted by Crippen LogP contribution is -2.25. The van der Waals surface area contributed by atoms with Gasteiger partial charge in [0.1, 0.15) is 22.0 Å². The number of aryl methyl sites for hydroxylation is 2. The maximum Gasteiger partial charge on any atom is 0.342 e. The highest BCUT2D eigenvalue weighted by Gasteiger charge is 2.30. The number of hydrogen-bond acceptors (Lipinski definition) is 5. The molecule has 1 aromatic rings. The smallest absolute Gasteiger partial charge is 0.342 e. The zero-order chi connectivity index (χ0) is 13.9. The molecule has 0 aliphatic rings. The third-order valence-electron chi connectivity index (χ3n) is 2.28. The van der Waals surface area contributed by atoms with Crippen LogP contribution in [0.4, 0.5) is 0 Å². The molecule has 0 aromatic carbocycles. The van der Waals surface area contributed by atoms with Crippen LogP contribution in [0.15, 0.2) is 22.0 Å². The molecule has 0 saturated carbocycles. The molecule has 1 rings (SSSR count). The molecule has 0 fully saturated rings. The van der Waals surface area contributed by atoms with Crippen molar-refractivity contribution in [3.05, 3.63) is 29.7 Å². The summed E-state index contributed by atoms with van der Waals surface area (Å²) in [5, 5.41) is 0. The summed E-state index contributed by atoms with van der Waals surface area (Å²) in [6.45, 7) is 6.46. The van der Waals surface area contributed by atoms with Gasteiger partial charge in [-0.15, -0.1) is 6.58 Å². The number of hydrogen-bond donors (Lipinski definition) is 1. The average molecular weight is 273 g/mol. The monoisotopic (exact) mass is 273 g/mol. The van der Waals surface area contributed by atoms with Crippen molar-refractivity contribution in [3.8, 4) is 0 Å². The zero-order valence-electron chi connectivity index (χ0n) is 10.4. The minimum atomic E-state index is -3.83. The lowest BCUT2D eigenvalue weighted by molar-refractivity contribution is 0.0595. The van der Waals surface area contributed by atoms with Crippen LogP contribution in [0.2, 0.25) is 0 Å². The Morgan fingerprint density at radius 3 is 2.56 bits per heavy atom. The Morgan fingerprint density at radius 2 is 2.06 bits per heavy atom. The Balaban J connectivity index is 3.40. The fourth-order valence-electron chi connectivity index (χ4n) is 1.57. The summed E-state index contributed by atoms with van der Waals surface area (Å²) in [4.78, 5) is 11.4. The predicted molar refractivity (Wildman–Crippen MR) is 64.9 cm³/mol. The molecule has 0 saturated heterocycles. The van der Waals surface area contributed by atoms with E-state index in [1.807, 2.05) is 0 Å². The van der Waals surface area contributed by atoms with Gasteiger partial charge in [0.15, 0.2) is 0 Å². The summed E-state index contributed by atoms with van der Waals surface area (Å²) >= 11 is 0. The first-order valence-corrected chi connectivity index (χ1v) is 6.62. The third-order valence-corrected chi connectivity index (χ3v) is 3.86. The highest BCUT2D eigenvalue weighted by Crippen LogP contribution is 2.26. The highest BCUT2D eigenvalue weighted by molar-refractivity contribution is 7.89. The molecule has 0 amide bonds. The van der Waals surface area contributed by atoms with Crippen LogP contribution in [0, 0.1) is 13.8 Å².